The first-order chi connectivity index (χ1) is 8.95. The lowest BCUT2D eigenvalue weighted by Gasteiger charge is -2.06. The summed E-state index contributed by atoms with van der Waals surface area (Å²) in [5.41, 5.74) is 2.64. The highest BCUT2D eigenvalue weighted by atomic mass is 19.2. The second kappa shape index (κ2) is 5.05. The number of aryl methyl sites for hydroxylation is 1. The van der Waals surface area contributed by atoms with Crippen LogP contribution in [0.3, 0.4) is 0 Å². The van der Waals surface area contributed by atoms with E-state index in [0.29, 0.717) is 6.54 Å². The molecule has 102 valence electrons. The Balaban J connectivity index is 2.57. The van der Waals surface area contributed by atoms with Crippen molar-refractivity contribution in [1.29, 1.82) is 0 Å². The first-order valence-corrected chi connectivity index (χ1v) is 5.80. The van der Waals surface area contributed by atoms with Crippen LogP contribution in [0.15, 0.2) is 12.1 Å². The zero-order valence-corrected chi connectivity index (χ0v) is 10.9. The van der Waals surface area contributed by atoms with Gasteiger partial charge in [0.15, 0.2) is 17.5 Å². The Bertz CT molecular complexity index is 597. The fourth-order valence-corrected chi connectivity index (χ4v) is 2.02. The third kappa shape index (κ3) is 2.35. The molecule has 1 aromatic heterocycles. The molecule has 1 aromatic carbocycles. The van der Waals surface area contributed by atoms with Crippen LogP contribution in [0.2, 0.25) is 0 Å². The third-order valence-corrected chi connectivity index (χ3v) is 3.01. The summed E-state index contributed by atoms with van der Waals surface area (Å²) in [5, 5.41) is 7.23. The highest BCUT2D eigenvalue weighted by Crippen LogP contribution is 2.21. The summed E-state index contributed by atoms with van der Waals surface area (Å²) in [6.07, 6.45) is 0. The fourth-order valence-electron chi connectivity index (χ4n) is 2.02. The van der Waals surface area contributed by atoms with E-state index < -0.39 is 17.5 Å². The first-order valence-electron chi connectivity index (χ1n) is 5.80. The molecule has 0 bridgehead atoms. The van der Waals surface area contributed by atoms with Crippen molar-refractivity contribution in [1.82, 2.24) is 15.1 Å². The van der Waals surface area contributed by atoms with Gasteiger partial charge in [-0.3, -0.25) is 0 Å². The second-order valence-electron chi connectivity index (χ2n) is 4.31. The molecule has 0 atom stereocenters. The van der Waals surface area contributed by atoms with Gasteiger partial charge in [-0.2, -0.15) is 5.10 Å². The highest BCUT2D eigenvalue weighted by molar-refractivity contribution is 5.38. The van der Waals surface area contributed by atoms with E-state index in [1.165, 1.54) is 4.68 Å². The number of nitrogens with one attached hydrogen (secondary N) is 1. The summed E-state index contributed by atoms with van der Waals surface area (Å²) in [5.74, 6) is -3.92. The summed E-state index contributed by atoms with van der Waals surface area (Å²) < 4.78 is 40.8. The van der Waals surface area contributed by atoms with E-state index in [0.717, 1.165) is 29.1 Å². The van der Waals surface area contributed by atoms with Crippen LogP contribution in [-0.2, 0) is 6.54 Å². The molecule has 0 unspecified atom stereocenters. The van der Waals surface area contributed by atoms with E-state index in [1.807, 2.05) is 6.92 Å². The molecule has 0 radical (unpaired) electrons. The quantitative estimate of drug-likeness (QED) is 0.868. The molecule has 3 nitrogen and oxygen atoms in total. The summed E-state index contributed by atoms with van der Waals surface area (Å²) >= 11 is 0. The average Bonchev–Trinajstić information content (AvgIpc) is 2.64. The van der Waals surface area contributed by atoms with E-state index >= 15 is 0 Å². The molecule has 0 fully saturated rings. The molecule has 1 heterocycles. The minimum Gasteiger partial charge on any atom is -0.316 e. The molecule has 0 aliphatic carbocycles. The lowest BCUT2D eigenvalue weighted by Crippen LogP contribution is -2.07. The molecule has 0 aliphatic rings. The van der Waals surface area contributed by atoms with E-state index in [-0.39, 0.29) is 5.69 Å². The smallest absolute Gasteiger partial charge is 0.194 e. The van der Waals surface area contributed by atoms with Crippen molar-refractivity contribution in [3.8, 4) is 5.69 Å². The van der Waals surface area contributed by atoms with Gasteiger partial charge < -0.3 is 5.32 Å². The summed E-state index contributed by atoms with van der Waals surface area (Å²) in [6, 6.07) is 1.86. The molecule has 2 rings (SSSR count). The number of hydrogen-bond acceptors (Lipinski definition) is 2. The van der Waals surface area contributed by atoms with E-state index in [1.54, 1.807) is 14.0 Å². The normalized spacial score (nSPS) is 11.1. The second-order valence-corrected chi connectivity index (χ2v) is 4.31. The monoisotopic (exact) mass is 269 g/mol. The van der Waals surface area contributed by atoms with Crippen molar-refractivity contribution >= 4 is 0 Å². The van der Waals surface area contributed by atoms with E-state index in [9.17, 15) is 13.2 Å². The van der Waals surface area contributed by atoms with Crippen LogP contribution in [0.25, 0.3) is 5.69 Å². The van der Waals surface area contributed by atoms with Crippen LogP contribution in [0, 0.1) is 31.3 Å². The van der Waals surface area contributed by atoms with Gasteiger partial charge in [0.05, 0.1) is 11.4 Å². The van der Waals surface area contributed by atoms with Gasteiger partial charge >= 0.3 is 0 Å². The Kier molecular flexibility index (Phi) is 3.61. The Labute approximate surface area is 109 Å². The van der Waals surface area contributed by atoms with Crippen LogP contribution in [0.1, 0.15) is 17.0 Å². The van der Waals surface area contributed by atoms with Crippen molar-refractivity contribution in [2.45, 2.75) is 20.4 Å². The summed E-state index contributed by atoms with van der Waals surface area (Å²) in [4.78, 5) is 0. The predicted octanol–water partition coefficient (Wildman–Crippen LogP) is 2.63. The number of aromatic nitrogens is 2. The largest absolute Gasteiger partial charge is 0.316 e. The maximum absolute atomic E-state index is 13.2. The third-order valence-electron chi connectivity index (χ3n) is 3.01. The minimum atomic E-state index is -1.47. The van der Waals surface area contributed by atoms with Gasteiger partial charge in [-0.15, -0.1) is 0 Å². The van der Waals surface area contributed by atoms with Gasteiger partial charge in [0, 0.05) is 29.9 Å². The van der Waals surface area contributed by atoms with Gasteiger partial charge in [0.25, 0.3) is 0 Å². The molecule has 2 aromatic rings. The van der Waals surface area contributed by atoms with Gasteiger partial charge in [-0.1, -0.05) is 0 Å². The number of rotatable bonds is 3. The topological polar surface area (TPSA) is 29.9 Å². The zero-order valence-electron chi connectivity index (χ0n) is 10.9. The molecule has 0 amide bonds. The molecule has 6 heteroatoms. The molecular formula is C13H14F3N3. The first kappa shape index (κ1) is 13.6. The van der Waals surface area contributed by atoms with E-state index in [2.05, 4.69) is 10.4 Å². The Morgan fingerprint density at radius 2 is 1.74 bits per heavy atom. The molecule has 0 saturated heterocycles. The average molecular weight is 269 g/mol. The molecular weight excluding hydrogens is 255 g/mol. The van der Waals surface area contributed by atoms with Gasteiger partial charge in [-0.25, -0.2) is 17.9 Å². The SMILES string of the molecule is CNCc1c(C)nn(-c2cc(F)c(F)c(F)c2)c1C. The molecule has 0 spiro atoms. The van der Waals surface area contributed by atoms with Crippen molar-refractivity contribution < 1.29 is 13.2 Å². The molecule has 0 aliphatic heterocycles. The van der Waals surface area contributed by atoms with Crippen LogP contribution < -0.4 is 5.32 Å². The molecule has 1 N–H and O–H groups in total. The zero-order chi connectivity index (χ0) is 14.2. The Morgan fingerprint density at radius 1 is 1.16 bits per heavy atom. The lowest BCUT2D eigenvalue weighted by atomic mass is 10.2. The van der Waals surface area contributed by atoms with Gasteiger partial charge in [0.1, 0.15) is 0 Å². The number of hydrogen-bond donors (Lipinski definition) is 1. The summed E-state index contributed by atoms with van der Waals surface area (Å²) in [6.45, 7) is 4.21. The van der Waals surface area contributed by atoms with E-state index in [4.69, 9.17) is 0 Å². The van der Waals surface area contributed by atoms with Crippen LogP contribution >= 0.6 is 0 Å². The minimum absolute atomic E-state index is 0.166. The number of halogens is 3. The number of benzene rings is 1. The molecule has 19 heavy (non-hydrogen) atoms. The maximum atomic E-state index is 13.2. The lowest BCUT2D eigenvalue weighted by molar-refractivity contribution is 0.446. The Morgan fingerprint density at radius 3 is 2.26 bits per heavy atom. The Hall–Kier alpha value is -1.82. The standard InChI is InChI=1S/C13H14F3N3/c1-7-10(6-17-3)8(2)19(18-7)9-4-11(14)13(16)12(15)5-9/h4-5,17H,6H2,1-3H3. The summed E-state index contributed by atoms with van der Waals surface area (Å²) in [7, 11) is 1.80. The highest BCUT2D eigenvalue weighted by Gasteiger charge is 2.16. The van der Waals surface area contributed by atoms with Gasteiger partial charge in [-0.05, 0) is 20.9 Å². The van der Waals surface area contributed by atoms with Crippen LogP contribution in [-0.4, -0.2) is 16.8 Å². The number of nitrogens with zero attached hydrogens (tertiary/aromatic N) is 2. The van der Waals surface area contributed by atoms with Crippen LogP contribution in [0.5, 0.6) is 0 Å². The van der Waals surface area contributed by atoms with Crippen LogP contribution in [0.4, 0.5) is 13.2 Å². The predicted molar refractivity (Wildman–Crippen MR) is 65.7 cm³/mol. The van der Waals surface area contributed by atoms with Gasteiger partial charge in [0.2, 0.25) is 0 Å². The fraction of sp³-hybridized carbons (Fsp3) is 0.308. The molecule has 0 saturated carbocycles. The van der Waals surface area contributed by atoms with Crippen molar-refractivity contribution in [3.63, 3.8) is 0 Å². The van der Waals surface area contributed by atoms with Crippen molar-refractivity contribution in [2.24, 2.45) is 0 Å². The van der Waals surface area contributed by atoms with Crippen molar-refractivity contribution in [2.75, 3.05) is 7.05 Å². The van der Waals surface area contributed by atoms with Crippen molar-refractivity contribution in [3.05, 3.63) is 46.5 Å². The maximum Gasteiger partial charge on any atom is 0.194 e.